The summed E-state index contributed by atoms with van der Waals surface area (Å²) in [5, 5.41) is 3.51. The molecule has 1 aromatic rings. The van der Waals surface area contributed by atoms with E-state index in [0.717, 1.165) is 56.0 Å². The van der Waals surface area contributed by atoms with E-state index in [-0.39, 0.29) is 5.78 Å². The molecule has 1 aromatic carbocycles. The van der Waals surface area contributed by atoms with Crippen LogP contribution in [0.2, 0.25) is 0 Å². The third-order valence-corrected chi connectivity index (χ3v) is 7.94. The van der Waals surface area contributed by atoms with Crippen LogP contribution >= 0.6 is 9.39 Å². The lowest BCUT2D eigenvalue weighted by Crippen LogP contribution is -2.34. The van der Waals surface area contributed by atoms with E-state index in [2.05, 4.69) is 81.6 Å². The van der Waals surface area contributed by atoms with E-state index in [9.17, 15) is 4.79 Å². The van der Waals surface area contributed by atoms with Crippen molar-refractivity contribution in [2.24, 2.45) is 4.99 Å². The summed E-state index contributed by atoms with van der Waals surface area (Å²) < 4.78 is 7.29. The molecule has 1 N–H and O–H groups in total. The number of allylic oxidation sites excluding steroid dienone is 7. The first-order valence-corrected chi connectivity index (χ1v) is 14.1. The lowest BCUT2D eigenvalue weighted by molar-refractivity contribution is 0.101. The molecule has 206 valence electrons. The van der Waals surface area contributed by atoms with Gasteiger partial charge in [-0.1, -0.05) is 54.6 Å². The molecule has 1 unspecified atom stereocenters. The van der Waals surface area contributed by atoms with Gasteiger partial charge in [-0.2, -0.15) is 0 Å². The second-order valence-electron chi connectivity index (χ2n) is 10.5. The smallest absolute Gasteiger partial charge is 0.159 e. The van der Waals surface area contributed by atoms with Crippen LogP contribution in [0.1, 0.15) is 55.5 Å². The normalized spacial score (nSPS) is 21.9. The summed E-state index contributed by atoms with van der Waals surface area (Å²) in [6.45, 7) is 14.4. The molecule has 1 fully saturated rings. The van der Waals surface area contributed by atoms with E-state index < -0.39 is 0 Å². The van der Waals surface area contributed by atoms with Crippen molar-refractivity contribution >= 4 is 21.0 Å². The summed E-state index contributed by atoms with van der Waals surface area (Å²) in [4.78, 5) is 18.7. The van der Waals surface area contributed by atoms with E-state index in [1.54, 1.807) is 14.0 Å². The molecule has 1 saturated heterocycles. The number of carbonyl (C=O) groups is 1. The lowest BCUT2D eigenvalue weighted by Gasteiger charge is -2.32. The summed E-state index contributed by atoms with van der Waals surface area (Å²) in [7, 11) is 4.40. The van der Waals surface area contributed by atoms with E-state index in [0.29, 0.717) is 18.2 Å². The summed E-state index contributed by atoms with van der Waals surface area (Å²) in [5.41, 5.74) is 8.87. The van der Waals surface area contributed by atoms with E-state index in [4.69, 9.17) is 4.74 Å². The van der Waals surface area contributed by atoms with Gasteiger partial charge in [0.15, 0.2) is 5.78 Å². The Morgan fingerprint density at radius 2 is 1.92 bits per heavy atom. The van der Waals surface area contributed by atoms with Gasteiger partial charge in [-0.05, 0) is 84.8 Å². The molecule has 39 heavy (non-hydrogen) atoms. The Labute approximate surface area is 235 Å². The van der Waals surface area contributed by atoms with Gasteiger partial charge in [0.25, 0.3) is 0 Å². The third-order valence-electron chi connectivity index (χ3n) is 7.50. The molecule has 6 nitrogen and oxygen atoms in total. The van der Waals surface area contributed by atoms with Crippen molar-refractivity contribution < 1.29 is 9.53 Å². The van der Waals surface area contributed by atoms with Crippen LogP contribution in [0.4, 0.5) is 0 Å². The summed E-state index contributed by atoms with van der Waals surface area (Å²) in [6, 6.07) is 8.20. The number of rotatable bonds is 8. The Balaban J connectivity index is 1.45. The van der Waals surface area contributed by atoms with E-state index in [1.807, 2.05) is 22.9 Å². The monoisotopic (exact) mass is 544 g/mol. The summed E-state index contributed by atoms with van der Waals surface area (Å²) >= 11 is 0. The molecule has 0 bridgehead atoms. The molecule has 1 atom stereocenters. The van der Waals surface area contributed by atoms with Crippen molar-refractivity contribution in [3.63, 3.8) is 0 Å². The summed E-state index contributed by atoms with van der Waals surface area (Å²) in [6.07, 6.45) is 13.0. The number of dihydropyridines is 1. The fourth-order valence-corrected chi connectivity index (χ4v) is 5.63. The number of carbonyl (C=O) groups excluding carboxylic acids is 1. The molecule has 0 radical (unpaired) electrons. The van der Waals surface area contributed by atoms with Gasteiger partial charge in [0.2, 0.25) is 0 Å². The fourth-order valence-electron chi connectivity index (χ4n) is 5.34. The number of aliphatic imine (C=N–C) groups is 1. The van der Waals surface area contributed by atoms with Crippen LogP contribution < -0.4 is 5.32 Å². The molecule has 7 heteroatoms. The molecular weight excluding hydrogens is 503 g/mol. The Bertz CT molecular complexity index is 1280. The number of hydrogen-bond acceptors (Lipinski definition) is 6. The second-order valence-corrected chi connectivity index (χ2v) is 11.1. The molecule has 0 saturated carbocycles. The fraction of sp³-hybridized carbons (Fsp3) is 0.375. The molecule has 4 rings (SSSR count). The zero-order valence-corrected chi connectivity index (χ0v) is 24.8. The van der Waals surface area contributed by atoms with Crippen molar-refractivity contribution in [3.05, 3.63) is 106 Å². The third kappa shape index (κ3) is 7.54. The number of nitrogens with one attached hydrogen (secondary N) is 1. The van der Waals surface area contributed by atoms with Gasteiger partial charge < -0.3 is 14.7 Å². The average molecular weight is 545 g/mol. The highest BCUT2D eigenvalue weighted by Gasteiger charge is 2.22. The quantitative estimate of drug-likeness (QED) is 0.325. The van der Waals surface area contributed by atoms with Crippen LogP contribution in [0.25, 0.3) is 0 Å². The number of nitrogens with zero attached hydrogens (tertiary/aromatic N) is 3. The Morgan fingerprint density at radius 3 is 2.59 bits per heavy atom. The van der Waals surface area contributed by atoms with Gasteiger partial charge in [-0.25, -0.2) is 4.99 Å². The van der Waals surface area contributed by atoms with Gasteiger partial charge in [0.1, 0.15) is 12.4 Å². The minimum absolute atomic E-state index is 0.123. The first-order valence-electron chi connectivity index (χ1n) is 13.6. The largest absolute Gasteiger partial charge is 0.385 e. The number of ketones is 1. The van der Waals surface area contributed by atoms with Crippen molar-refractivity contribution in [2.45, 2.75) is 39.5 Å². The van der Waals surface area contributed by atoms with Gasteiger partial charge in [-0.3, -0.25) is 9.69 Å². The minimum Gasteiger partial charge on any atom is -0.385 e. The molecular formula is C32H41N4O2P. The molecule has 0 aliphatic carbocycles. The van der Waals surface area contributed by atoms with Crippen LogP contribution in [0.15, 0.2) is 100 Å². The van der Waals surface area contributed by atoms with Gasteiger partial charge >= 0.3 is 0 Å². The molecule has 0 amide bonds. The Kier molecular flexibility index (Phi) is 9.90. The second kappa shape index (κ2) is 13.3. The summed E-state index contributed by atoms with van der Waals surface area (Å²) in [5.74, 6) is 1.47. The van der Waals surface area contributed by atoms with Crippen molar-refractivity contribution in [2.75, 3.05) is 39.9 Å². The Hall–Kier alpha value is -3.05. The van der Waals surface area contributed by atoms with Crippen LogP contribution in [0, 0.1) is 0 Å². The highest BCUT2D eigenvalue weighted by atomic mass is 31.0. The van der Waals surface area contributed by atoms with Crippen molar-refractivity contribution in [3.8, 4) is 0 Å². The number of amidine groups is 1. The molecule has 3 heterocycles. The van der Waals surface area contributed by atoms with Gasteiger partial charge in [0.05, 0.1) is 5.70 Å². The van der Waals surface area contributed by atoms with Crippen LogP contribution in [-0.4, -0.2) is 61.1 Å². The maximum absolute atomic E-state index is 11.6. The van der Waals surface area contributed by atoms with Crippen molar-refractivity contribution in [1.29, 1.82) is 0 Å². The maximum Gasteiger partial charge on any atom is 0.159 e. The van der Waals surface area contributed by atoms with Crippen LogP contribution in [-0.2, 0) is 4.74 Å². The number of Topliss-reactive ketones (excluding diaryl/α,β-unsaturated/α-hetero) is 1. The predicted molar refractivity (Wildman–Crippen MR) is 165 cm³/mol. The first-order chi connectivity index (χ1) is 18.7. The van der Waals surface area contributed by atoms with E-state index in [1.165, 1.54) is 28.0 Å². The van der Waals surface area contributed by atoms with Gasteiger partial charge in [0, 0.05) is 43.2 Å². The zero-order chi connectivity index (χ0) is 27.9. The molecule has 0 spiro atoms. The van der Waals surface area contributed by atoms with E-state index >= 15 is 0 Å². The number of hydrogen-bond donors (Lipinski definition) is 1. The molecule has 3 aliphatic heterocycles. The number of likely N-dealkylation sites (tertiary alicyclic amines) is 1. The number of methoxy groups -OCH3 is 1. The average Bonchev–Trinajstić information content (AvgIpc) is 2.91. The minimum atomic E-state index is 0.123. The Morgan fingerprint density at radius 1 is 1.21 bits per heavy atom. The maximum atomic E-state index is 11.6. The zero-order valence-electron chi connectivity index (χ0n) is 23.7. The lowest BCUT2D eigenvalue weighted by atomic mass is 9.88. The SMILES string of the molecule is C=C1/C=C\C(C2=CCNC(C)=C2/C=C(\C)CN2CCC(c3ccc(C(C)=O)cc3)CC2)=C/N(P)C(COC)=N1. The number of benzene rings is 1. The highest BCUT2D eigenvalue weighted by molar-refractivity contribution is 7.15. The van der Waals surface area contributed by atoms with Crippen molar-refractivity contribution in [1.82, 2.24) is 14.9 Å². The van der Waals surface area contributed by atoms with Gasteiger partial charge in [-0.15, -0.1) is 0 Å². The molecule has 3 aliphatic rings. The van der Waals surface area contributed by atoms with Crippen LogP contribution in [0.3, 0.4) is 0 Å². The number of ether oxygens (including phenoxy) is 1. The van der Waals surface area contributed by atoms with Crippen LogP contribution in [0.5, 0.6) is 0 Å². The molecule has 0 aromatic heterocycles. The predicted octanol–water partition coefficient (Wildman–Crippen LogP) is 5.92. The topological polar surface area (TPSA) is 57.2 Å². The number of piperidine rings is 1. The first kappa shape index (κ1) is 28.9. The highest BCUT2D eigenvalue weighted by Crippen LogP contribution is 2.31. The standard InChI is InChI=1S/C32H41N4O2P/c1-22(19-35-16-13-28(14-17-35)27-10-8-26(9-11-27)25(4)37)18-31-24(3)33-15-12-30(31)29-7-6-23(2)34-32(21-38-5)36(39)20-29/h6-12,18,20,28,33H,2,13-17,19,21,39H2,1,3-5H3/b7-6-,22-18+,29-20+,34-32?.